The monoisotopic (exact) mass is 339 g/mol. The normalized spacial score (nSPS) is 10.9. The predicted molar refractivity (Wildman–Crippen MR) is 96.5 cm³/mol. The van der Waals surface area contributed by atoms with Crippen LogP contribution < -0.4 is 27.2 Å². The Balaban J connectivity index is 3.37. The van der Waals surface area contributed by atoms with Gasteiger partial charge in [-0.2, -0.15) is 0 Å². The van der Waals surface area contributed by atoms with Crippen molar-refractivity contribution in [3.63, 3.8) is 0 Å². The molecule has 1 aromatic heterocycles. The number of carbonyl (C=O) groups is 1. The lowest BCUT2D eigenvalue weighted by molar-refractivity contribution is 0.245. The van der Waals surface area contributed by atoms with Crippen molar-refractivity contribution in [3.05, 3.63) is 20.8 Å². The number of nitrogens with two attached hydrogens (primary N) is 1. The van der Waals surface area contributed by atoms with Crippen LogP contribution in [0, 0.1) is 5.92 Å². The van der Waals surface area contributed by atoms with Gasteiger partial charge in [0.1, 0.15) is 5.82 Å². The Morgan fingerprint density at radius 3 is 2.50 bits per heavy atom. The van der Waals surface area contributed by atoms with Gasteiger partial charge >= 0.3 is 11.7 Å². The Hall–Kier alpha value is -2.25. The molecule has 0 spiro atoms. The highest BCUT2D eigenvalue weighted by Gasteiger charge is 2.24. The third-order valence-electron chi connectivity index (χ3n) is 3.54. The summed E-state index contributed by atoms with van der Waals surface area (Å²) in [6.07, 6.45) is 2.41. The van der Waals surface area contributed by atoms with Crippen LogP contribution >= 0.6 is 0 Å². The standard InChI is InChI=1S/C16H29N5O3/c1-5-7-9-20-13(17)12(14(22)19-16(20)24)21(10-11(3)4)15(23)18-8-6-2/h11H,5-10,17H2,1-4H3,(H,18,23)(H,19,22,24). The smallest absolute Gasteiger partial charge is 0.330 e. The molecule has 0 aliphatic carbocycles. The van der Waals surface area contributed by atoms with E-state index in [1.54, 1.807) is 0 Å². The zero-order chi connectivity index (χ0) is 18.3. The molecule has 0 saturated heterocycles. The van der Waals surface area contributed by atoms with E-state index in [4.69, 9.17) is 5.73 Å². The van der Waals surface area contributed by atoms with E-state index in [9.17, 15) is 14.4 Å². The van der Waals surface area contributed by atoms with Gasteiger partial charge in [-0.05, 0) is 18.8 Å². The van der Waals surface area contributed by atoms with Crippen molar-refractivity contribution in [1.82, 2.24) is 14.9 Å². The van der Waals surface area contributed by atoms with E-state index >= 15 is 0 Å². The molecule has 136 valence electrons. The maximum absolute atomic E-state index is 12.5. The van der Waals surface area contributed by atoms with Crippen LogP contribution in [0.15, 0.2) is 9.59 Å². The van der Waals surface area contributed by atoms with Gasteiger partial charge in [0.25, 0.3) is 5.56 Å². The van der Waals surface area contributed by atoms with Crippen LogP contribution in [-0.4, -0.2) is 28.7 Å². The number of anilines is 2. The van der Waals surface area contributed by atoms with Gasteiger partial charge in [-0.15, -0.1) is 0 Å². The second-order valence-electron chi connectivity index (χ2n) is 6.23. The average molecular weight is 339 g/mol. The Labute approximate surface area is 142 Å². The van der Waals surface area contributed by atoms with Crippen LogP contribution in [0.3, 0.4) is 0 Å². The molecule has 1 rings (SSSR count). The molecule has 24 heavy (non-hydrogen) atoms. The first-order valence-corrected chi connectivity index (χ1v) is 8.51. The quantitative estimate of drug-likeness (QED) is 0.666. The first kappa shape index (κ1) is 19.8. The summed E-state index contributed by atoms with van der Waals surface area (Å²) in [5, 5.41) is 2.76. The number of urea groups is 1. The fourth-order valence-electron chi connectivity index (χ4n) is 2.34. The van der Waals surface area contributed by atoms with E-state index in [1.165, 1.54) is 9.47 Å². The molecule has 0 radical (unpaired) electrons. The van der Waals surface area contributed by atoms with E-state index < -0.39 is 11.2 Å². The van der Waals surface area contributed by atoms with Crippen LogP contribution in [0.1, 0.15) is 47.0 Å². The molecule has 1 heterocycles. The number of H-pyrrole nitrogens is 1. The van der Waals surface area contributed by atoms with E-state index in [2.05, 4.69) is 10.3 Å². The maximum Gasteiger partial charge on any atom is 0.330 e. The van der Waals surface area contributed by atoms with Gasteiger partial charge in [0, 0.05) is 19.6 Å². The fourth-order valence-corrected chi connectivity index (χ4v) is 2.34. The summed E-state index contributed by atoms with van der Waals surface area (Å²) in [6, 6.07) is -0.386. The van der Waals surface area contributed by atoms with Crippen molar-refractivity contribution in [2.75, 3.05) is 23.7 Å². The molecule has 8 heteroatoms. The van der Waals surface area contributed by atoms with Crippen LogP contribution in [0.5, 0.6) is 0 Å². The third kappa shape index (κ3) is 4.87. The number of hydrogen-bond donors (Lipinski definition) is 3. The number of nitrogens with zero attached hydrogens (tertiary/aromatic N) is 2. The molecular weight excluding hydrogens is 310 g/mol. The van der Waals surface area contributed by atoms with Crippen molar-refractivity contribution < 1.29 is 4.79 Å². The number of nitrogen functional groups attached to an aromatic ring is 1. The molecule has 0 bridgehead atoms. The van der Waals surface area contributed by atoms with Crippen molar-refractivity contribution in [2.45, 2.75) is 53.5 Å². The number of unbranched alkanes of at least 4 members (excludes halogenated alkanes) is 1. The molecule has 0 aromatic carbocycles. The largest absolute Gasteiger partial charge is 0.383 e. The van der Waals surface area contributed by atoms with Gasteiger partial charge < -0.3 is 11.1 Å². The topological polar surface area (TPSA) is 113 Å². The molecule has 8 nitrogen and oxygen atoms in total. The van der Waals surface area contributed by atoms with Gasteiger partial charge in [-0.3, -0.25) is 19.2 Å². The van der Waals surface area contributed by atoms with Gasteiger partial charge in [-0.1, -0.05) is 34.1 Å². The predicted octanol–water partition coefficient (Wildman–Crippen LogP) is 1.50. The van der Waals surface area contributed by atoms with Gasteiger partial charge in [0.05, 0.1) is 0 Å². The van der Waals surface area contributed by atoms with Crippen molar-refractivity contribution in [2.24, 2.45) is 5.92 Å². The zero-order valence-corrected chi connectivity index (χ0v) is 15.0. The van der Waals surface area contributed by atoms with Crippen LogP contribution in [0.4, 0.5) is 16.3 Å². The fraction of sp³-hybridized carbons (Fsp3) is 0.688. The SMILES string of the molecule is CCCCn1c(N)c(N(CC(C)C)C(=O)NCCC)c(=O)[nH]c1=O. The number of carbonyl (C=O) groups excluding carboxylic acids is 1. The second kappa shape index (κ2) is 9.14. The molecule has 0 unspecified atom stereocenters. The number of aromatic amines is 1. The molecule has 0 saturated carbocycles. The van der Waals surface area contributed by atoms with E-state index in [-0.39, 0.29) is 23.5 Å². The molecule has 0 aliphatic rings. The maximum atomic E-state index is 12.5. The minimum absolute atomic E-state index is 0.0319. The Morgan fingerprint density at radius 2 is 1.96 bits per heavy atom. The van der Waals surface area contributed by atoms with Crippen molar-refractivity contribution >= 4 is 17.5 Å². The second-order valence-corrected chi connectivity index (χ2v) is 6.23. The van der Waals surface area contributed by atoms with Crippen LogP contribution in [0.25, 0.3) is 0 Å². The summed E-state index contributed by atoms with van der Waals surface area (Å²) >= 11 is 0. The molecule has 2 amide bonds. The van der Waals surface area contributed by atoms with E-state index in [0.29, 0.717) is 19.6 Å². The van der Waals surface area contributed by atoms with E-state index in [1.807, 2.05) is 27.7 Å². The Kier molecular flexibility index (Phi) is 7.54. The summed E-state index contributed by atoms with van der Waals surface area (Å²) in [4.78, 5) is 40.4. The summed E-state index contributed by atoms with van der Waals surface area (Å²) in [6.45, 7) is 9.05. The number of amides is 2. The average Bonchev–Trinajstić information content (AvgIpc) is 2.50. The molecule has 1 aromatic rings. The molecular formula is C16H29N5O3. The number of rotatable bonds is 8. The number of hydrogen-bond acceptors (Lipinski definition) is 4. The highest BCUT2D eigenvalue weighted by Crippen LogP contribution is 2.18. The molecule has 0 fully saturated rings. The molecule has 4 N–H and O–H groups in total. The summed E-state index contributed by atoms with van der Waals surface area (Å²) in [5.41, 5.74) is 4.94. The minimum atomic E-state index is -0.641. The first-order chi connectivity index (χ1) is 11.3. The molecule has 0 atom stereocenters. The number of aromatic nitrogens is 2. The van der Waals surface area contributed by atoms with Gasteiger partial charge in [-0.25, -0.2) is 9.59 Å². The lowest BCUT2D eigenvalue weighted by Gasteiger charge is -2.26. The highest BCUT2D eigenvalue weighted by atomic mass is 16.2. The van der Waals surface area contributed by atoms with E-state index in [0.717, 1.165) is 19.3 Å². The zero-order valence-electron chi connectivity index (χ0n) is 15.0. The Morgan fingerprint density at radius 1 is 1.29 bits per heavy atom. The first-order valence-electron chi connectivity index (χ1n) is 8.51. The van der Waals surface area contributed by atoms with Crippen molar-refractivity contribution in [1.29, 1.82) is 0 Å². The number of nitrogens with one attached hydrogen (secondary N) is 2. The summed E-state index contributed by atoms with van der Waals surface area (Å²) in [5.74, 6) is 0.164. The highest BCUT2D eigenvalue weighted by molar-refractivity contribution is 5.94. The van der Waals surface area contributed by atoms with Crippen molar-refractivity contribution in [3.8, 4) is 0 Å². The minimum Gasteiger partial charge on any atom is -0.383 e. The van der Waals surface area contributed by atoms with Crippen LogP contribution in [-0.2, 0) is 6.54 Å². The van der Waals surface area contributed by atoms with Gasteiger partial charge in [0.2, 0.25) is 0 Å². The summed E-state index contributed by atoms with van der Waals surface area (Å²) in [7, 11) is 0. The van der Waals surface area contributed by atoms with Crippen LogP contribution in [0.2, 0.25) is 0 Å². The lowest BCUT2D eigenvalue weighted by Crippen LogP contribution is -2.47. The third-order valence-corrected chi connectivity index (χ3v) is 3.54. The van der Waals surface area contributed by atoms with Gasteiger partial charge in [0.15, 0.2) is 5.69 Å². The Bertz CT molecular complexity index is 663. The lowest BCUT2D eigenvalue weighted by atomic mass is 10.2. The molecule has 0 aliphatic heterocycles. The summed E-state index contributed by atoms with van der Waals surface area (Å²) < 4.78 is 1.32.